The maximum absolute atomic E-state index is 6.07. The molecule has 0 radical (unpaired) electrons. The molecule has 2 aromatic carbocycles. The smallest absolute Gasteiger partial charge is 0.249 e. The molecular weight excluding hydrogens is 366 g/mol. The number of nitrogens with one attached hydrogen (secondary N) is 2. The summed E-state index contributed by atoms with van der Waals surface area (Å²) >= 11 is 6.07. The van der Waals surface area contributed by atoms with Crippen LogP contribution in [0.5, 0.6) is 11.5 Å². The molecule has 0 bridgehead atoms. The monoisotopic (exact) mass is 385 g/mol. The van der Waals surface area contributed by atoms with Crippen LogP contribution in [0.3, 0.4) is 0 Å². The Bertz CT molecular complexity index is 920. The minimum Gasteiger partial charge on any atom is -0.495 e. The topological polar surface area (TPSA) is 81.2 Å². The lowest BCUT2D eigenvalue weighted by atomic mass is 10.3. The molecule has 2 N–H and O–H groups in total. The number of rotatable bonds is 7. The summed E-state index contributed by atoms with van der Waals surface area (Å²) in [6.07, 6.45) is 1.57. The van der Waals surface area contributed by atoms with Crippen LogP contribution in [0.15, 0.2) is 48.7 Å². The van der Waals surface area contributed by atoms with Crippen molar-refractivity contribution >= 4 is 34.7 Å². The van der Waals surface area contributed by atoms with Crippen molar-refractivity contribution in [1.29, 1.82) is 0 Å². The van der Waals surface area contributed by atoms with Crippen molar-refractivity contribution < 1.29 is 9.47 Å². The number of hydrogen-bond acceptors (Lipinski definition) is 7. The third-order valence-corrected chi connectivity index (χ3v) is 3.71. The Hall–Kier alpha value is -3.06. The van der Waals surface area contributed by atoms with Crippen LogP contribution in [-0.2, 0) is 0 Å². The molecule has 8 heteroatoms. The lowest BCUT2D eigenvalue weighted by molar-refractivity contribution is 0.244. The number of hydrogen-bond donors (Lipinski definition) is 2. The zero-order chi connectivity index (χ0) is 19.2. The first-order valence-corrected chi connectivity index (χ1v) is 8.76. The highest BCUT2D eigenvalue weighted by atomic mass is 35.5. The number of nitrogens with zero attached hydrogens (tertiary/aromatic N) is 3. The van der Waals surface area contributed by atoms with Gasteiger partial charge in [0.2, 0.25) is 5.95 Å². The Labute approximate surface area is 162 Å². The van der Waals surface area contributed by atoms with Gasteiger partial charge >= 0.3 is 0 Å². The predicted octanol–water partition coefficient (Wildman–Crippen LogP) is 4.81. The quantitative estimate of drug-likeness (QED) is 0.604. The Morgan fingerprint density at radius 3 is 2.59 bits per heavy atom. The van der Waals surface area contributed by atoms with E-state index in [9.17, 15) is 0 Å². The molecule has 0 spiro atoms. The Kier molecular flexibility index (Phi) is 5.93. The number of ether oxygens (including phenoxy) is 2. The van der Waals surface area contributed by atoms with E-state index in [1.807, 2.05) is 38.1 Å². The summed E-state index contributed by atoms with van der Waals surface area (Å²) in [5.74, 6) is 2.19. The van der Waals surface area contributed by atoms with E-state index in [1.165, 1.54) is 6.20 Å². The average Bonchev–Trinajstić information content (AvgIpc) is 2.63. The van der Waals surface area contributed by atoms with Crippen LogP contribution in [0.25, 0.3) is 0 Å². The van der Waals surface area contributed by atoms with Crippen LogP contribution in [0.2, 0.25) is 5.02 Å². The van der Waals surface area contributed by atoms with E-state index in [0.717, 1.165) is 5.69 Å². The molecule has 0 saturated carbocycles. The van der Waals surface area contributed by atoms with E-state index in [1.54, 1.807) is 25.3 Å². The Morgan fingerprint density at radius 1 is 1.00 bits per heavy atom. The molecule has 0 unspecified atom stereocenters. The molecule has 3 aromatic rings. The molecule has 0 fully saturated rings. The molecule has 0 atom stereocenters. The second kappa shape index (κ2) is 8.55. The van der Waals surface area contributed by atoms with E-state index in [0.29, 0.717) is 34.0 Å². The average molecular weight is 386 g/mol. The van der Waals surface area contributed by atoms with Crippen LogP contribution < -0.4 is 20.1 Å². The standard InChI is InChI=1S/C19H20ClN5O2/c1-12(2)27-17-7-5-4-6-14(17)23-19-24-18(11-21-25-19)22-15-10-13(20)8-9-16(15)26-3/h4-12H,1-3H3,(H2,22,23,24,25). The number of benzene rings is 2. The summed E-state index contributed by atoms with van der Waals surface area (Å²) < 4.78 is 11.1. The van der Waals surface area contributed by atoms with Gasteiger partial charge < -0.3 is 20.1 Å². The van der Waals surface area contributed by atoms with E-state index in [4.69, 9.17) is 21.1 Å². The van der Waals surface area contributed by atoms with Crippen molar-refractivity contribution in [2.45, 2.75) is 20.0 Å². The van der Waals surface area contributed by atoms with Crippen molar-refractivity contribution in [2.24, 2.45) is 0 Å². The minimum absolute atomic E-state index is 0.0512. The fourth-order valence-corrected chi connectivity index (χ4v) is 2.55. The van der Waals surface area contributed by atoms with Gasteiger partial charge in [0, 0.05) is 5.02 Å². The van der Waals surface area contributed by atoms with Crippen LogP contribution in [0.4, 0.5) is 23.1 Å². The van der Waals surface area contributed by atoms with Gasteiger partial charge in [0.1, 0.15) is 11.5 Å². The normalized spacial score (nSPS) is 10.6. The summed E-state index contributed by atoms with van der Waals surface area (Å²) in [5.41, 5.74) is 1.44. The minimum atomic E-state index is 0.0512. The molecular formula is C19H20ClN5O2. The first kappa shape index (κ1) is 18.7. The SMILES string of the molecule is COc1ccc(Cl)cc1Nc1cnnc(Nc2ccccc2OC(C)C)n1. The van der Waals surface area contributed by atoms with Gasteiger partial charge in [-0.15, -0.1) is 5.10 Å². The van der Waals surface area contributed by atoms with Crippen LogP contribution in [-0.4, -0.2) is 28.4 Å². The fraction of sp³-hybridized carbons (Fsp3) is 0.211. The van der Waals surface area contributed by atoms with Crippen LogP contribution in [0, 0.1) is 0 Å². The van der Waals surface area contributed by atoms with Crippen molar-refractivity contribution in [3.8, 4) is 11.5 Å². The molecule has 140 valence electrons. The van der Waals surface area contributed by atoms with Gasteiger partial charge in [-0.2, -0.15) is 10.1 Å². The molecule has 3 rings (SSSR count). The van der Waals surface area contributed by atoms with Gasteiger partial charge in [-0.3, -0.25) is 0 Å². The molecule has 27 heavy (non-hydrogen) atoms. The predicted molar refractivity (Wildman–Crippen MR) is 107 cm³/mol. The largest absolute Gasteiger partial charge is 0.495 e. The first-order valence-electron chi connectivity index (χ1n) is 8.38. The summed E-state index contributed by atoms with van der Waals surface area (Å²) in [6.45, 7) is 3.94. The highest BCUT2D eigenvalue weighted by molar-refractivity contribution is 6.31. The Morgan fingerprint density at radius 2 is 1.81 bits per heavy atom. The zero-order valence-corrected chi connectivity index (χ0v) is 16.0. The van der Waals surface area contributed by atoms with Gasteiger partial charge in [-0.25, -0.2) is 0 Å². The summed E-state index contributed by atoms with van der Waals surface area (Å²) in [6, 6.07) is 12.9. The number of methoxy groups -OCH3 is 1. The second-order valence-electron chi connectivity index (χ2n) is 5.92. The fourth-order valence-electron chi connectivity index (χ4n) is 2.38. The number of anilines is 4. The van der Waals surface area contributed by atoms with Crippen molar-refractivity contribution in [1.82, 2.24) is 15.2 Å². The van der Waals surface area contributed by atoms with Crippen LogP contribution >= 0.6 is 11.6 Å². The van der Waals surface area contributed by atoms with E-state index >= 15 is 0 Å². The Balaban J connectivity index is 1.82. The molecule has 0 saturated heterocycles. The highest BCUT2D eigenvalue weighted by Gasteiger charge is 2.09. The van der Waals surface area contributed by atoms with Gasteiger partial charge in [0.15, 0.2) is 5.82 Å². The van der Waals surface area contributed by atoms with E-state index < -0.39 is 0 Å². The van der Waals surface area contributed by atoms with Gasteiger partial charge in [0.25, 0.3) is 0 Å². The molecule has 1 heterocycles. The highest BCUT2D eigenvalue weighted by Crippen LogP contribution is 2.30. The maximum atomic E-state index is 6.07. The third kappa shape index (κ3) is 4.98. The summed E-state index contributed by atoms with van der Waals surface area (Å²) in [7, 11) is 1.59. The van der Waals surface area contributed by atoms with Crippen molar-refractivity contribution in [3.63, 3.8) is 0 Å². The second-order valence-corrected chi connectivity index (χ2v) is 6.36. The number of halogens is 1. The van der Waals surface area contributed by atoms with Crippen molar-refractivity contribution in [2.75, 3.05) is 17.7 Å². The number of para-hydroxylation sites is 2. The van der Waals surface area contributed by atoms with Crippen molar-refractivity contribution in [3.05, 3.63) is 53.7 Å². The lowest BCUT2D eigenvalue weighted by Crippen LogP contribution is -2.08. The zero-order valence-electron chi connectivity index (χ0n) is 15.2. The van der Waals surface area contributed by atoms with Gasteiger partial charge in [-0.05, 0) is 44.2 Å². The summed E-state index contributed by atoms with van der Waals surface area (Å²) in [4.78, 5) is 4.44. The maximum Gasteiger partial charge on any atom is 0.249 e. The molecule has 7 nitrogen and oxygen atoms in total. The van der Waals surface area contributed by atoms with Crippen LogP contribution in [0.1, 0.15) is 13.8 Å². The van der Waals surface area contributed by atoms with E-state index in [-0.39, 0.29) is 6.10 Å². The third-order valence-electron chi connectivity index (χ3n) is 3.48. The molecule has 0 aliphatic carbocycles. The van der Waals surface area contributed by atoms with Gasteiger partial charge in [-0.1, -0.05) is 23.7 Å². The summed E-state index contributed by atoms with van der Waals surface area (Å²) in [5, 5.41) is 14.9. The number of aromatic nitrogens is 3. The van der Waals surface area contributed by atoms with E-state index in [2.05, 4.69) is 25.8 Å². The molecule has 0 amide bonds. The lowest BCUT2D eigenvalue weighted by Gasteiger charge is -2.15. The first-order chi connectivity index (χ1) is 13.0. The molecule has 0 aliphatic heterocycles. The molecule has 0 aliphatic rings. The molecule has 1 aromatic heterocycles. The van der Waals surface area contributed by atoms with Gasteiger partial charge in [0.05, 0.1) is 30.8 Å².